The number of rotatable bonds is 5. The summed E-state index contributed by atoms with van der Waals surface area (Å²) >= 11 is 0. The predicted octanol–water partition coefficient (Wildman–Crippen LogP) is 2.30. The summed E-state index contributed by atoms with van der Waals surface area (Å²) in [6.07, 6.45) is 2.65. The van der Waals surface area contributed by atoms with Gasteiger partial charge in [0.1, 0.15) is 11.3 Å². The topological polar surface area (TPSA) is 80.6 Å². The number of hydrogen-bond donors (Lipinski definition) is 2. The zero-order valence-corrected chi connectivity index (χ0v) is 15.6. The minimum atomic E-state index is -0.387. The van der Waals surface area contributed by atoms with Gasteiger partial charge in [0.05, 0.1) is 7.11 Å². The lowest BCUT2D eigenvalue weighted by molar-refractivity contribution is -0.123. The van der Waals surface area contributed by atoms with Crippen LogP contribution in [-0.2, 0) is 11.2 Å². The van der Waals surface area contributed by atoms with Crippen LogP contribution >= 0.6 is 0 Å². The molecule has 1 aliphatic heterocycles. The number of piperidine rings is 1. The molecule has 3 rings (SSSR count). The van der Waals surface area contributed by atoms with E-state index in [2.05, 4.69) is 17.6 Å². The van der Waals surface area contributed by atoms with Gasteiger partial charge in [0, 0.05) is 35.5 Å². The lowest BCUT2D eigenvalue weighted by Gasteiger charge is -2.35. The summed E-state index contributed by atoms with van der Waals surface area (Å²) in [7, 11) is 1.57. The van der Waals surface area contributed by atoms with Crippen LogP contribution in [0, 0.1) is 6.92 Å². The standard InChI is InChI=1S/C20H26N2O4/c1-13-15-6-5-14(25-3)11-17(15)26-19(24)16(13)7-8-18(23)22-20(2)9-4-10-21-12-20/h5-6,11,21H,4,7-10,12H2,1-3H3,(H,22,23). The van der Waals surface area contributed by atoms with Crippen LogP contribution in [-0.4, -0.2) is 31.6 Å². The first-order valence-corrected chi connectivity index (χ1v) is 9.04. The largest absolute Gasteiger partial charge is 0.497 e. The molecule has 1 aromatic heterocycles. The van der Waals surface area contributed by atoms with E-state index in [4.69, 9.17) is 9.15 Å². The van der Waals surface area contributed by atoms with E-state index in [0.29, 0.717) is 23.3 Å². The average molecular weight is 358 g/mol. The summed E-state index contributed by atoms with van der Waals surface area (Å²) in [5.41, 5.74) is 1.32. The van der Waals surface area contributed by atoms with E-state index in [1.54, 1.807) is 13.2 Å². The molecule has 2 heterocycles. The number of methoxy groups -OCH3 is 1. The Kier molecular flexibility index (Phi) is 5.32. The van der Waals surface area contributed by atoms with Gasteiger partial charge < -0.3 is 19.8 Å². The Bertz CT molecular complexity index is 866. The highest BCUT2D eigenvalue weighted by Crippen LogP contribution is 2.24. The minimum absolute atomic E-state index is 0.0372. The third-order valence-corrected chi connectivity index (χ3v) is 5.14. The number of ether oxygens (including phenoxy) is 1. The van der Waals surface area contributed by atoms with Crippen LogP contribution in [0.15, 0.2) is 27.4 Å². The average Bonchev–Trinajstić information content (AvgIpc) is 2.61. The second kappa shape index (κ2) is 7.50. The molecule has 1 atom stereocenters. The van der Waals surface area contributed by atoms with Crippen molar-refractivity contribution in [3.63, 3.8) is 0 Å². The second-order valence-corrected chi connectivity index (χ2v) is 7.24. The first-order chi connectivity index (χ1) is 12.4. The number of amides is 1. The molecule has 0 radical (unpaired) electrons. The van der Waals surface area contributed by atoms with Gasteiger partial charge in [0.25, 0.3) is 0 Å². The number of carbonyl (C=O) groups excluding carboxylic acids is 1. The third kappa shape index (κ3) is 3.90. The fourth-order valence-electron chi connectivity index (χ4n) is 3.59. The maximum atomic E-state index is 12.4. The van der Waals surface area contributed by atoms with Crippen molar-refractivity contribution in [3.05, 3.63) is 39.7 Å². The highest BCUT2D eigenvalue weighted by Gasteiger charge is 2.28. The van der Waals surface area contributed by atoms with Gasteiger partial charge in [-0.15, -0.1) is 0 Å². The van der Waals surface area contributed by atoms with E-state index in [0.717, 1.165) is 36.9 Å². The molecule has 1 aromatic carbocycles. The third-order valence-electron chi connectivity index (χ3n) is 5.14. The molecule has 6 heteroatoms. The highest BCUT2D eigenvalue weighted by molar-refractivity contribution is 5.83. The Labute approximate surface area is 152 Å². The van der Waals surface area contributed by atoms with Gasteiger partial charge in [-0.05, 0) is 57.4 Å². The van der Waals surface area contributed by atoms with E-state index < -0.39 is 0 Å². The zero-order chi connectivity index (χ0) is 18.7. The molecule has 1 fully saturated rings. The summed E-state index contributed by atoms with van der Waals surface area (Å²) in [5, 5.41) is 7.28. The smallest absolute Gasteiger partial charge is 0.339 e. The van der Waals surface area contributed by atoms with E-state index in [-0.39, 0.29) is 23.5 Å². The number of nitrogens with one attached hydrogen (secondary N) is 2. The number of carbonyl (C=O) groups is 1. The molecule has 6 nitrogen and oxygen atoms in total. The lowest BCUT2D eigenvalue weighted by atomic mass is 9.92. The Morgan fingerprint density at radius 3 is 2.92 bits per heavy atom. The van der Waals surface area contributed by atoms with Gasteiger partial charge in [-0.25, -0.2) is 4.79 Å². The quantitative estimate of drug-likeness (QED) is 0.802. The molecule has 2 N–H and O–H groups in total. The first kappa shape index (κ1) is 18.5. The normalized spacial score (nSPS) is 20.1. The van der Waals surface area contributed by atoms with Crippen LogP contribution in [0.3, 0.4) is 0 Å². The van der Waals surface area contributed by atoms with Crippen molar-refractivity contribution in [1.29, 1.82) is 0 Å². The van der Waals surface area contributed by atoms with E-state index in [9.17, 15) is 9.59 Å². The van der Waals surface area contributed by atoms with Crippen molar-refractivity contribution in [2.24, 2.45) is 0 Å². The van der Waals surface area contributed by atoms with Crippen molar-refractivity contribution in [3.8, 4) is 5.75 Å². The van der Waals surface area contributed by atoms with Crippen molar-refractivity contribution in [2.75, 3.05) is 20.2 Å². The number of hydrogen-bond acceptors (Lipinski definition) is 5. The zero-order valence-electron chi connectivity index (χ0n) is 15.6. The summed E-state index contributed by atoms with van der Waals surface area (Å²) < 4.78 is 10.6. The lowest BCUT2D eigenvalue weighted by Crippen LogP contribution is -2.55. The van der Waals surface area contributed by atoms with Gasteiger partial charge in [-0.2, -0.15) is 0 Å². The Balaban J connectivity index is 1.74. The van der Waals surface area contributed by atoms with E-state index >= 15 is 0 Å². The minimum Gasteiger partial charge on any atom is -0.497 e. The van der Waals surface area contributed by atoms with Crippen LogP contribution in [0.5, 0.6) is 5.75 Å². The van der Waals surface area contributed by atoms with Crippen LogP contribution in [0.4, 0.5) is 0 Å². The Morgan fingerprint density at radius 2 is 2.23 bits per heavy atom. The molecule has 2 aromatic rings. The summed E-state index contributed by atoms with van der Waals surface area (Å²) in [6, 6.07) is 5.42. The fraction of sp³-hybridized carbons (Fsp3) is 0.500. The van der Waals surface area contributed by atoms with Crippen molar-refractivity contribution < 1.29 is 13.9 Å². The molecule has 140 valence electrons. The molecular formula is C20H26N2O4. The van der Waals surface area contributed by atoms with Crippen LogP contribution < -0.4 is 21.0 Å². The molecule has 1 saturated heterocycles. The Hall–Kier alpha value is -2.34. The monoisotopic (exact) mass is 358 g/mol. The molecule has 1 amide bonds. The van der Waals surface area contributed by atoms with Gasteiger partial charge in [-0.1, -0.05) is 0 Å². The molecule has 0 bridgehead atoms. The first-order valence-electron chi connectivity index (χ1n) is 9.04. The molecule has 0 spiro atoms. The van der Waals surface area contributed by atoms with E-state index in [1.165, 1.54) is 0 Å². The maximum absolute atomic E-state index is 12.4. The fourth-order valence-corrected chi connectivity index (χ4v) is 3.59. The molecule has 0 aliphatic carbocycles. The molecular weight excluding hydrogens is 332 g/mol. The number of benzene rings is 1. The number of fused-ring (bicyclic) bond motifs is 1. The SMILES string of the molecule is COc1ccc2c(C)c(CCC(=O)NC3(C)CCCNC3)c(=O)oc2c1. The van der Waals surface area contributed by atoms with E-state index in [1.807, 2.05) is 19.1 Å². The van der Waals surface area contributed by atoms with Crippen molar-refractivity contribution in [1.82, 2.24) is 10.6 Å². The molecule has 1 unspecified atom stereocenters. The van der Waals surface area contributed by atoms with Gasteiger partial charge in [0.2, 0.25) is 5.91 Å². The summed E-state index contributed by atoms with van der Waals surface area (Å²) in [4.78, 5) is 24.7. The maximum Gasteiger partial charge on any atom is 0.339 e. The molecule has 0 saturated carbocycles. The van der Waals surface area contributed by atoms with Gasteiger partial charge in [-0.3, -0.25) is 4.79 Å². The number of aryl methyl sites for hydroxylation is 1. The predicted molar refractivity (Wildman–Crippen MR) is 101 cm³/mol. The molecule has 26 heavy (non-hydrogen) atoms. The molecule has 1 aliphatic rings. The second-order valence-electron chi connectivity index (χ2n) is 7.24. The highest BCUT2D eigenvalue weighted by atomic mass is 16.5. The Morgan fingerprint density at radius 1 is 1.42 bits per heavy atom. The van der Waals surface area contributed by atoms with Gasteiger partial charge >= 0.3 is 5.63 Å². The van der Waals surface area contributed by atoms with Crippen LogP contribution in [0.25, 0.3) is 11.0 Å². The van der Waals surface area contributed by atoms with Crippen LogP contribution in [0.1, 0.15) is 37.3 Å². The van der Waals surface area contributed by atoms with Crippen molar-refractivity contribution >= 4 is 16.9 Å². The van der Waals surface area contributed by atoms with Crippen molar-refractivity contribution in [2.45, 2.75) is 45.1 Å². The summed E-state index contributed by atoms with van der Waals surface area (Å²) in [5.74, 6) is 0.603. The summed E-state index contributed by atoms with van der Waals surface area (Å²) in [6.45, 7) is 5.72. The van der Waals surface area contributed by atoms with Gasteiger partial charge in [0.15, 0.2) is 0 Å². The van der Waals surface area contributed by atoms with Crippen LogP contribution in [0.2, 0.25) is 0 Å².